The summed E-state index contributed by atoms with van der Waals surface area (Å²) in [7, 11) is 3.38. The molecule has 1 heterocycles. The van der Waals surface area contributed by atoms with E-state index in [1.54, 1.807) is 14.2 Å². The molecule has 0 aromatic heterocycles. The Kier molecular flexibility index (Phi) is 7.28. The highest BCUT2D eigenvalue weighted by molar-refractivity contribution is 6.30. The van der Waals surface area contributed by atoms with Crippen molar-refractivity contribution in [2.75, 3.05) is 14.2 Å². The van der Waals surface area contributed by atoms with Gasteiger partial charge in [0.15, 0.2) is 11.5 Å². The van der Waals surface area contributed by atoms with Crippen molar-refractivity contribution in [3.05, 3.63) is 93.5 Å². The number of aliphatic imine (C=N–C) groups is 1. The number of ether oxygens (including phenoxy) is 2. The van der Waals surface area contributed by atoms with Gasteiger partial charge in [-0.05, 0) is 60.7 Å². The summed E-state index contributed by atoms with van der Waals surface area (Å²) < 4.78 is 11.3. The zero-order valence-electron chi connectivity index (χ0n) is 21.0. The Morgan fingerprint density at radius 3 is 2.47 bits per heavy atom. The SMILES string of the molecule is COc1cc2c(cc1OC)[C@H]1CCCC[C@H]1N=C2c1ccc(C(C)=NOCc2cccc(Cl)c2)cc1. The number of nitrogens with zero attached hydrogens (tertiary/aromatic N) is 2. The molecule has 0 unspecified atom stereocenters. The van der Waals surface area contributed by atoms with Crippen LogP contribution in [0.25, 0.3) is 0 Å². The van der Waals surface area contributed by atoms with Gasteiger partial charge in [-0.25, -0.2) is 0 Å². The van der Waals surface area contributed by atoms with Crippen LogP contribution in [0.1, 0.15) is 66.3 Å². The number of methoxy groups -OCH3 is 2. The van der Waals surface area contributed by atoms with Gasteiger partial charge in [-0.15, -0.1) is 0 Å². The average Bonchev–Trinajstić information content (AvgIpc) is 2.92. The second-order valence-corrected chi connectivity index (χ2v) is 9.82. The van der Waals surface area contributed by atoms with Crippen LogP contribution in [-0.2, 0) is 11.4 Å². The monoisotopic (exact) mass is 502 g/mol. The molecule has 0 bridgehead atoms. The normalized spacial score (nSPS) is 19.1. The van der Waals surface area contributed by atoms with Gasteiger partial charge >= 0.3 is 0 Å². The van der Waals surface area contributed by atoms with Gasteiger partial charge in [-0.3, -0.25) is 4.99 Å². The lowest BCUT2D eigenvalue weighted by atomic mass is 9.75. The molecule has 0 amide bonds. The van der Waals surface area contributed by atoms with Gasteiger partial charge < -0.3 is 14.3 Å². The minimum atomic E-state index is 0.308. The van der Waals surface area contributed by atoms with Crippen molar-refractivity contribution in [3.8, 4) is 11.5 Å². The van der Waals surface area contributed by atoms with Crippen LogP contribution in [-0.4, -0.2) is 31.7 Å². The lowest BCUT2D eigenvalue weighted by molar-refractivity contribution is 0.130. The predicted molar refractivity (Wildman–Crippen MR) is 145 cm³/mol. The Hall–Kier alpha value is -3.31. The zero-order valence-corrected chi connectivity index (χ0v) is 21.7. The third-order valence-electron chi connectivity index (χ3n) is 7.13. The van der Waals surface area contributed by atoms with Crippen LogP contribution in [0.5, 0.6) is 11.5 Å². The number of benzene rings is 3. The van der Waals surface area contributed by atoms with Crippen molar-refractivity contribution in [2.45, 2.75) is 51.2 Å². The Labute approximate surface area is 217 Å². The van der Waals surface area contributed by atoms with Crippen molar-refractivity contribution < 1.29 is 14.3 Å². The molecule has 186 valence electrons. The van der Waals surface area contributed by atoms with Crippen LogP contribution in [0.3, 0.4) is 0 Å². The van der Waals surface area contributed by atoms with Gasteiger partial charge in [0.05, 0.1) is 31.7 Å². The summed E-state index contributed by atoms with van der Waals surface area (Å²) >= 11 is 6.05. The number of halogens is 1. The molecule has 3 aromatic rings. The van der Waals surface area contributed by atoms with E-state index in [1.165, 1.54) is 18.4 Å². The molecule has 0 spiro atoms. The quantitative estimate of drug-likeness (QED) is 0.254. The van der Waals surface area contributed by atoms with E-state index in [9.17, 15) is 0 Å². The zero-order chi connectivity index (χ0) is 25.1. The van der Waals surface area contributed by atoms with Gasteiger partial charge in [0, 0.05) is 22.1 Å². The van der Waals surface area contributed by atoms with E-state index in [-0.39, 0.29) is 0 Å². The first-order valence-corrected chi connectivity index (χ1v) is 12.8. The Morgan fingerprint density at radius 1 is 0.972 bits per heavy atom. The molecular weight excluding hydrogens is 472 g/mol. The first kappa shape index (κ1) is 24.4. The number of hydrogen-bond donors (Lipinski definition) is 0. The van der Waals surface area contributed by atoms with Crippen LogP contribution in [0.15, 0.2) is 70.8 Å². The van der Waals surface area contributed by atoms with E-state index in [4.69, 9.17) is 30.9 Å². The molecule has 1 aliphatic heterocycles. The standard InChI is InChI=1S/C30H31ClN2O3/c1-19(33-36-18-20-7-6-8-23(31)15-20)21-11-13-22(14-12-21)30-26-17-29(35-3)28(34-2)16-25(26)24-9-4-5-10-27(24)32-30/h6-8,11-17,24,27H,4-5,9-10,18H2,1-3H3/t24-,27-/m1/s1. The van der Waals surface area contributed by atoms with Crippen LogP contribution < -0.4 is 9.47 Å². The van der Waals surface area contributed by atoms with E-state index in [1.807, 2.05) is 31.2 Å². The van der Waals surface area contributed by atoms with Gasteiger partial charge in [-0.1, -0.05) is 66.0 Å². The molecule has 2 aliphatic rings. The van der Waals surface area contributed by atoms with E-state index in [2.05, 4.69) is 41.6 Å². The van der Waals surface area contributed by atoms with Crippen molar-refractivity contribution in [1.82, 2.24) is 0 Å². The lowest BCUT2D eigenvalue weighted by Crippen LogP contribution is -2.29. The highest BCUT2D eigenvalue weighted by Gasteiger charge is 2.34. The van der Waals surface area contributed by atoms with E-state index >= 15 is 0 Å². The minimum Gasteiger partial charge on any atom is -0.493 e. The largest absolute Gasteiger partial charge is 0.493 e. The van der Waals surface area contributed by atoms with Crippen molar-refractivity contribution in [2.24, 2.45) is 10.1 Å². The molecule has 0 N–H and O–H groups in total. The van der Waals surface area contributed by atoms with Gasteiger partial charge in [0.2, 0.25) is 0 Å². The maximum Gasteiger partial charge on any atom is 0.161 e. The first-order valence-electron chi connectivity index (χ1n) is 12.4. The summed E-state index contributed by atoms with van der Waals surface area (Å²) in [4.78, 5) is 10.8. The second kappa shape index (κ2) is 10.8. The number of rotatable bonds is 7. The molecule has 5 rings (SSSR count). The highest BCUT2D eigenvalue weighted by atomic mass is 35.5. The molecule has 0 radical (unpaired) electrons. The fourth-order valence-corrected chi connectivity index (χ4v) is 5.47. The molecule has 5 nitrogen and oxygen atoms in total. The maximum atomic E-state index is 6.05. The van der Waals surface area contributed by atoms with Crippen LogP contribution in [0, 0.1) is 0 Å². The molecule has 1 fully saturated rings. The average molecular weight is 503 g/mol. The molecule has 1 saturated carbocycles. The third-order valence-corrected chi connectivity index (χ3v) is 7.37. The van der Waals surface area contributed by atoms with Crippen molar-refractivity contribution >= 4 is 23.0 Å². The topological polar surface area (TPSA) is 52.4 Å². The Bertz CT molecular complexity index is 1300. The number of oxime groups is 1. The Balaban J connectivity index is 1.41. The fraction of sp³-hybridized carbons (Fsp3) is 0.333. The summed E-state index contributed by atoms with van der Waals surface area (Å²) in [5.41, 5.74) is 7.36. The van der Waals surface area contributed by atoms with Crippen LogP contribution >= 0.6 is 11.6 Å². The van der Waals surface area contributed by atoms with Gasteiger partial charge in [0.1, 0.15) is 6.61 Å². The summed E-state index contributed by atoms with van der Waals surface area (Å²) in [6.07, 6.45) is 4.75. The minimum absolute atomic E-state index is 0.308. The number of fused-ring (bicyclic) bond motifs is 3. The lowest BCUT2D eigenvalue weighted by Gasteiger charge is -2.35. The molecule has 0 saturated heterocycles. The molecule has 6 heteroatoms. The summed E-state index contributed by atoms with van der Waals surface area (Å²) in [6, 6.07) is 20.5. The first-order chi connectivity index (χ1) is 17.6. The third kappa shape index (κ3) is 4.98. The fourth-order valence-electron chi connectivity index (χ4n) is 5.25. The van der Waals surface area contributed by atoms with Gasteiger partial charge in [-0.2, -0.15) is 0 Å². The van der Waals surface area contributed by atoms with E-state index in [0.29, 0.717) is 23.6 Å². The summed E-state index contributed by atoms with van der Waals surface area (Å²) in [6.45, 7) is 2.32. The number of hydrogen-bond acceptors (Lipinski definition) is 5. The van der Waals surface area contributed by atoms with Crippen LogP contribution in [0.2, 0.25) is 5.02 Å². The van der Waals surface area contributed by atoms with Crippen LogP contribution in [0.4, 0.5) is 0 Å². The highest BCUT2D eigenvalue weighted by Crippen LogP contribution is 2.44. The summed E-state index contributed by atoms with van der Waals surface area (Å²) in [5, 5.41) is 5.00. The molecule has 2 atom stereocenters. The van der Waals surface area contributed by atoms with Gasteiger partial charge in [0.25, 0.3) is 0 Å². The molecule has 1 aliphatic carbocycles. The summed E-state index contributed by atoms with van der Waals surface area (Å²) in [5.74, 6) is 1.94. The smallest absolute Gasteiger partial charge is 0.161 e. The Morgan fingerprint density at radius 2 is 1.72 bits per heavy atom. The van der Waals surface area contributed by atoms with Crippen molar-refractivity contribution in [1.29, 1.82) is 0 Å². The second-order valence-electron chi connectivity index (χ2n) is 9.39. The maximum absolute atomic E-state index is 6.05. The molecule has 36 heavy (non-hydrogen) atoms. The van der Waals surface area contributed by atoms with E-state index in [0.717, 1.165) is 58.0 Å². The molecular formula is C30H31ClN2O3. The molecule has 3 aromatic carbocycles. The van der Waals surface area contributed by atoms with Crippen molar-refractivity contribution in [3.63, 3.8) is 0 Å². The van der Waals surface area contributed by atoms with E-state index < -0.39 is 0 Å². The predicted octanol–water partition coefficient (Wildman–Crippen LogP) is 7.18.